The van der Waals surface area contributed by atoms with Crippen LogP contribution in [0.1, 0.15) is 5.56 Å². The van der Waals surface area contributed by atoms with Crippen molar-refractivity contribution in [3.63, 3.8) is 0 Å². The number of hydrogen-bond donors (Lipinski definition) is 0. The number of ether oxygens (including phenoxy) is 2. The predicted octanol–water partition coefficient (Wildman–Crippen LogP) is 1.76. The van der Waals surface area contributed by atoms with Crippen LogP contribution in [0.2, 0.25) is 0 Å². The molecule has 6 nitrogen and oxygen atoms in total. The normalized spacial score (nSPS) is 13.8. The van der Waals surface area contributed by atoms with Gasteiger partial charge in [0.1, 0.15) is 29.3 Å². The second kappa shape index (κ2) is 6.96. The number of benzene rings is 1. The first-order valence-corrected chi connectivity index (χ1v) is 7.33. The van der Waals surface area contributed by atoms with Crippen molar-refractivity contribution < 1.29 is 18.7 Å². The van der Waals surface area contributed by atoms with Gasteiger partial charge in [-0.15, -0.1) is 0 Å². The van der Waals surface area contributed by atoms with Gasteiger partial charge in [-0.05, 0) is 36.4 Å². The molecule has 0 radical (unpaired) electrons. The molecule has 0 saturated carbocycles. The highest BCUT2D eigenvalue weighted by molar-refractivity contribution is 5.78. The van der Waals surface area contributed by atoms with E-state index >= 15 is 0 Å². The van der Waals surface area contributed by atoms with Gasteiger partial charge in [0.05, 0.1) is 13.1 Å². The Hall–Kier alpha value is -3.14. The molecule has 0 atom stereocenters. The lowest BCUT2D eigenvalue weighted by Gasteiger charge is -2.38. The van der Waals surface area contributed by atoms with Gasteiger partial charge in [-0.25, -0.2) is 9.37 Å². The molecule has 1 aromatic carbocycles. The van der Waals surface area contributed by atoms with Crippen LogP contribution in [0.15, 0.2) is 42.6 Å². The molecule has 2 aromatic rings. The third-order valence-corrected chi connectivity index (χ3v) is 3.55. The second-order valence-electron chi connectivity index (χ2n) is 5.25. The Balaban J connectivity index is 1.45. The molecule has 1 aliphatic heterocycles. The topological polar surface area (TPSA) is 75.5 Å². The van der Waals surface area contributed by atoms with Crippen molar-refractivity contribution in [1.29, 1.82) is 5.26 Å². The number of hydrogen-bond acceptors (Lipinski definition) is 5. The number of pyridine rings is 1. The maximum absolute atomic E-state index is 12.8. The van der Waals surface area contributed by atoms with E-state index in [1.54, 1.807) is 23.2 Å². The Morgan fingerprint density at radius 2 is 2.08 bits per heavy atom. The lowest BCUT2D eigenvalue weighted by atomic mass is 10.1. The summed E-state index contributed by atoms with van der Waals surface area (Å²) < 4.78 is 23.7. The molecule has 1 amide bonds. The van der Waals surface area contributed by atoms with Crippen LogP contribution in [0.25, 0.3) is 0 Å². The number of nitrogens with zero attached hydrogens (tertiary/aromatic N) is 3. The van der Waals surface area contributed by atoms with E-state index in [-0.39, 0.29) is 30.3 Å². The van der Waals surface area contributed by atoms with E-state index in [4.69, 9.17) is 14.7 Å². The number of halogens is 1. The molecule has 0 N–H and O–H groups in total. The van der Waals surface area contributed by atoms with E-state index in [2.05, 4.69) is 4.98 Å². The largest absolute Gasteiger partial charge is 0.484 e. The van der Waals surface area contributed by atoms with Crippen molar-refractivity contribution in [2.45, 2.75) is 6.10 Å². The average Bonchev–Trinajstić information content (AvgIpc) is 2.57. The molecule has 0 spiro atoms. The van der Waals surface area contributed by atoms with Gasteiger partial charge in [0.15, 0.2) is 6.61 Å². The quantitative estimate of drug-likeness (QED) is 0.836. The Kier molecular flexibility index (Phi) is 4.57. The number of rotatable bonds is 5. The minimum atomic E-state index is -0.359. The van der Waals surface area contributed by atoms with Crippen LogP contribution in [0.3, 0.4) is 0 Å². The minimum absolute atomic E-state index is 0.120. The zero-order valence-electron chi connectivity index (χ0n) is 12.7. The standard InChI is InChI=1S/C17H14FN3O3/c18-13-3-5-14(6-4-13)23-11-16(22)21-9-15(10-21)24-17-12(8-19)2-1-7-20-17/h1-7,15H,9-11H2. The van der Waals surface area contributed by atoms with Crippen LogP contribution >= 0.6 is 0 Å². The van der Waals surface area contributed by atoms with Crippen LogP contribution in [-0.2, 0) is 4.79 Å². The van der Waals surface area contributed by atoms with Crippen molar-refractivity contribution in [3.05, 3.63) is 54.0 Å². The molecule has 7 heteroatoms. The zero-order valence-corrected chi connectivity index (χ0v) is 12.7. The van der Waals surface area contributed by atoms with Crippen LogP contribution in [0.4, 0.5) is 4.39 Å². The fraction of sp³-hybridized carbons (Fsp3) is 0.235. The molecule has 2 heterocycles. The second-order valence-corrected chi connectivity index (χ2v) is 5.25. The van der Waals surface area contributed by atoms with E-state index in [0.29, 0.717) is 24.4 Å². The summed E-state index contributed by atoms with van der Waals surface area (Å²) in [6.07, 6.45) is 1.36. The SMILES string of the molecule is N#Cc1cccnc1OC1CN(C(=O)COc2ccc(F)cc2)C1. The molecule has 0 unspecified atom stereocenters. The Morgan fingerprint density at radius 3 is 2.79 bits per heavy atom. The predicted molar refractivity (Wildman–Crippen MR) is 81.8 cm³/mol. The Labute approximate surface area is 138 Å². The first-order valence-electron chi connectivity index (χ1n) is 7.33. The summed E-state index contributed by atoms with van der Waals surface area (Å²) in [5.74, 6) is 0.174. The van der Waals surface area contributed by atoms with Gasteiger partial charge in [-0.1, -0.05) is 0 Å². The third-order valence-electron chi connectivity index (χ3n) is 3.55. The van der Waals surface area contributed by atoms with E-state index in [0.717, 1.165) is 0 Å². The molecule has 1 fully saturated rings. The van der Waals surface area contributed by atoms with Gasteiger partial charge in [0.25, 0.3) is 5.91 Å². The lowest BCUT2D eigenvalue weighted by Crippen LogP contribution is -2.57. The van der Waals surface area contributed by atoms with E-state index in [1.807, 2.05) is 6.07 Å². The third kappa shape index (κ3) is 3.60. The first-order chi connectivity index (χ1) is 11.7. The summed E-state index contributed by atoms with van der Waals surface area (Å²) >= 11 is 0. The van der Waals surface area contributed by atoms with Gasteiger partial charge >= 0.3 is 0 Å². The maximum Gasteiger partial charge on any atom is 0.260 e. The monoisotopic (exact) mass is 327 g/mol. The molecular weight excluding hydrogens is 313 g/mol. The van der Waals surface area contributed by atoms with Crippen molar-refractivity contribution >= 4 is 5.91 Å². The Bertz CT molecular complexity index is 767. The summed E-state index contributed by atoms with van der Waals surface area (Å²) in [6, 6.07) is 10.8. The highest BCUT2D eigenvalue weighted by Crippen LogP contribution is 2.19. The summed E-state index contributed by atoms with van der Waals surface area (Å²) in [5, 5.41) is 8.98. The van der Waals surface area contributed by atoms with Crippen molar-refractivity contribution in [2.24, 2.45) is 0 Å². The van der Waals surface area contributed by atoms with Gasteiger partial charge in [0.2, 0.25) is 5.88 Å². The van der Waals surface area contributed by atoms with Crippen molar-refractivity contribution in [1.82, 2.24) is 9.88 Å². The number of aromatic nitrogens is 1. The van der Waals surface area contributed by atoms with Gasteiger partial charge in [-0.2, -0.15) is 5.26 Å². The number of likely N-dealkylation sites (tertiary alicyclic amines) is 1. The summed E-state index contributed by atoms with van der Waals surface area (Å²) in [6.45, 7) is 0.700. The van der Waals surface area contributed by atoms with Gasteiger partial charge < -0.3 is 14.4 Å². The van der Waals surface area contributed by atoms with E-state index in [1.165, 1.54) is 24.3 Å². The minimum Gasteiger partial charge on any atom is -0.484 e. The number of carbonyl (C=O) groups is 1. The molecule has 1 aliphatic rings. The molecule has 122 valence electrons. The van der Waals surface area contributed by atoms with Crippen molar-refractivity contribution in [2.75, 3.05) is 19.7 Å². The number of nitriles is 1. The van der Waals surface area contributed by atoms with Gasteiger partial charge in [0, 0.05) is 6.20 Å². The van der Waals surface area contributed by atoms with Crippen LogP contribution in [0.5, 0.6) is 11.6 Å². The van der Waals surface area contributed by atoms with Crippen LogP contribution < -0.4 is 9.47 Å². The molecule has 0 aliphatic carbocycles. The smallest absolute Gasteiger partial charge is 0.260 e. The lowest BCUT2D eigenvalue weighted by molar-refractivity contribution is -0.142. The summed E-state index contributed by atoms with van der Waals surface area (Å²) in [5.41, 5.74) is 0.363. The highest BCUT2D eigenvalue weighted by atomic mass is 19.1. The summed E-state index contributed by atoms with van der Waals surface area (Å²) in [4.78, 5) is 17.6. The van der Waals surface area contributed by atoms with Crippen molar-refractivity contribution in [3.8, 4) is 17.7 Å². The molecule has 1 aromatic heterocycles. The first kappa shape index (κ1) is 15.7. The fourth-order valence-corrected chi connectivity index (χ4v) is 2.21. The molecule has 24 heavy (non-hydrogen) atoms. The van der Waals surface area contributed by atoms with Crippen LogP contribution in [-0.4, -0.2) is 41.6 Å². The highest BCUT2D eigenvalue weighted by Gasteiger charge is 2.33. The molecule has 0 bridgehead atoms. The number of carbonyl (C=O) groups excluding carboxylic acids is 1. The fourth-order valence-electron chi connectivity index (χ4n) is 2.21. The van der Waals surface area contributed by atoms with Crippen LogP contribution in [0, 0.1) is 17.1 Å². The zero-order chi connectivity index (χ0) is 16.9. The molecular formula is C17H14FN3O3. The Morgan fingerprint density at radius 1 is 1.33 bits per heavy atom. The van der Waals surface area contributed by atoms with E-state index < -0.39 is 0 Å². The van der Waals surface area contributed by atoms with Gasteiger partial charge in [-0.3, -0.25) is 4.79 Å². The maximum atomic E-state index is 12.8. The molecule has 3 rings (SSSR count). The van der Waals surface area contributed by atoms with E-state index in [9.17, 15) is 9.18 Å². The molecule has 1 saturated heterocycles. The summed E-state index contributed by atoms with van der Waals surface area (Å²) in [7, 11) is 0. The average molecular weight is 327 g/mol. The number of amides is 1.